The number of aromatic nitrogens is 1. The third kappa shape index (κ3) is 7.20. The van der Waals surface area contributed by atoms with Crippen molar-refractivity contribution in [2.24, 2.45) is 4.99 Å². The van der Waals surface area contributed by atoms with Crippen LogP contribution in [0.4, 0.5) is 0 Å². The fourth-order valence-electron chi connectivity index (χ4n) is 4.98. The van der Waals surface area contributed by atoms with Crippen molar-refractivity contribution in [3.05, 3.63) is 117 Å². The van der Waals surface area contributed by atoms with Crippen LogP contribution in [0.15, 0.2) is 80.1 Å². The summed E-state index contributed by atoms with van der Waals surface area (Å²) in [6.07, 6.45) is 1.72. The quantitative estimate of drug-likeness (QED) is 0.159. The van der Waals surface area contributed by atoms with Crippen molar-refractivity contribution in [1.29, 1.82) is 0 Å². The van der Waals surface area contributed by atoms with Gasteiger partial charge in [-0.05, 0) is 103 Å². The molecule has 4 aromatic rings. The number of hydrogen-bond acceptors (Lipinski definition) is 8. The fraction of sp³-hybridized carbons (Fsp3) is 0.265. The Morgan fingerprint density at radius 2 is 1.83 bits per heavy atom. The highest BCUT2D eigenvalue weighted by Gasteiger charge is 2.34. The van der Waals surface area contributed by atoms with Gasteiger partial charge >= 0.3 is 5.97 Å². The van der Waals surface area contributed by atoms with Crippen molar-refractivity contribution >= 4 is 62.5 Å². The van der Waals surface area contributed by atoms with Crippen LogP contribution >= 0.6 is 50.5 Å². The highest BCUT2D eigenvalue weighted by atomic mass is 79.9. The fourth-order valence-corrected chi connectivity index (χ4v) is 6.86. The highest BCUT2D eigenvalue weighted by Crippen LogP contribution is 2.36. The molecule has 0 amide bonds. The molecule has 0 bridgehead atoms. The Morgan fingerprint density at radius 1 is 1.07 bits per heavy atom. The number of nitrogens with zero attached hydrogens (tertiary/aromatic N) is 2. The van der Waals surface area contributed by atoms with Gasteiger partial charge in [-0.3, -0.25) is 9.36 Å². The van der Waals surface area contributed by atoms with Crippen molar-refractivity contribution in [1.82, 2.24) is 4.57 Å². The molecule has 2 heterocycles. The van der Waals surface area contributed by atoms with Gasteiger partial charge in [0.05, 0.1) is 56.2 Å². The van der Waals surface area contributed by atoms with E-state index in [2.05, 4.69) is 20.9 Å². The summed E-state index contributed by atoms with van der Waals surface area (Å²) in [5.41, 5.74) is 2.77. The second-order valence-electron chi connectivity index (χ2n) is 10.6. The van der Waals surface area contributed by atoms with Crippen LogP contribution in [0.25, 0.3) is 6.08 Å². The summed E-state index contributed by atoms with van der Waals surface area (Å²) in [6, 6.07) is 15.5. The maximum absolute atomic E-state index is 14.1. The molecule has 8 nitrogen and oxygen atoms in total. The number of ether oxygens (including phenoxy) is 4. The van der Waals surface area contributed by atoms with E-state index in [9.17, 15) is 9.59 Å². The van der Waals surface area contributed by atoms with Crippen LogP contribution in [-0.4, -0.2) is 30.4 Å². The van der Waals surface area contributed by atoms with Crippen LogP contribution in [0.1, 0.15) is 50.4 Å². The molecular formula is C34H31BrCl2N2O6S. The third-order valence-electron chi connectivity index (χ3n) is 7.02. The Balaban J connectivity index is 1.54. The molecule has 1 aromatic heterocycles. The zero-order valence-electron chi connectivity index (χ0n) is 25.7. The van der Waals surface area contributed by atoms with Crippen LogP contribution < -0.4 is 29.1 Å². The number of rotatable bonds is 10. The maximum Gasteiger partial charge on any atom is 0.338 e. The van der Waals surface area contributed by atoms with Gasteiger partial charge in [-0.2, -0.15) is 0 Å². The SMILES string of the molecule is CCOC(=O)C1=C(C)N=c2s/c(=C\c3ccc(OCc4ccc(Cl)c(Cl)c4)c(Br)c3)c(=O)n2[C@H]1c1ccc(OC(C)C)c(OC)c1. The summed E-state index contributed by atoms with van der Waals surface area (Å²) in [6.45, 7) is 7.81. The van der Waals surface area contributed by atoms with Crippen LogP contribution in [0, 0.1) is 0 Å². The lowest BCUT2D eigenvalue weighted by Crippen LogP contribution is -2.40. The predicted octanol–water partition coefficient (Wildman–Crippen LogP) is 7.24. The number of carbonyl (C=O) groups excluding carboxylic acids is 1. The molecule has 0 aliphatic carbocycles. The van der Waals surface area contributed by atoms with Crippen LogP contribution in [0.2, 0.25) is 10.0 Å². The average Bonchev–Trinajstić information content (AvgIpc) is 3.31. The number of carbonyl (C=O) groups is 1. The Morgan fingerprint density at radius 3 is 2.50 bits per heavy atom. The van der Waals surface area contributed by atoms with E-state index < -0.39 is 12.0 Å². The summed E-state index contributed by atoms with van der Waals surface area (Å²) in [4.78, 5) is 32.5. The molecule has 0 spiro atoms. The summed E-state index contributed by atoms with van der Waals surface area (Å²) < 4.78 is 25.6. The van der Waals surface area contributed by atoms with Gasteiger partial charge in [0.25, 0.3) is 5.56 Å². The maximum atomic E-state index is 14.1. The molecule has 0 unspecified atom stereocenters. The molecule has 12 heteroatoms. The summed E-state index contributed by atoms with van der Waals surface area (Å²) in [5.74, 6) is 1.13. The summed E-state index contributed by atoms with van der Waals surface area (Å²) in [7, 11) is 1.55. The predicted molar refractivity (Wildman–Crippen MR) is 184 cm³/mol. The lowest BCUT2D eigenvalue weighted by molar-refractivity contribution is -0.139. The van der Waals surface area contributed by atoms with Crippen LogP contribution in [0.5, 0.6) is 17.2 Å². The molecule has 3 aromatic carbocycles. The summed E-state index contributed by atoms with van der Waals surface area (Å²) in [5, 5.41) is 0.940. The third-order valence-corrected chi connectivity index (χ3v) is 9.36. The summed E-state index contributed by atoms with van der Waals surface area (Å²) >= 11 is 17.0. The monoisotopic (exact) mass is 744 g/mol. The number of benzene rings is 3. The van der Waals surface area contributed by atoms with Gasteiger partial charge < -0.3 is 18.9 Å². The minimum atomic E-state index is -0.789. The van der Waals surface area contributed by atoms with Gasteiger partial charge in [0, 0.05) is 0 Å². The highest BCUT2D eigenvalue weighted by molar-refractivity contribution is 9.10. The molecular weight excluding hydrogens is 715 g/mol. The van der Waals surface area contributed by atoms with Gasteiger partial charge in [0.15, 0.2) is 16.3 Å². The van der Waals surface area contributed by atoms with Gasteiger partial charge in [-0.1, -0.05) is 52.7 Å². The molecule has 5 rings (SSSR count). The van der Waals surface area contributed by atoms with E-state index in [0.29, 0.717) is 59.0 Å². The van der Waals surface area contributed by atoms with Gasteiger partial charge in [0.1, 0.15) is 12.4 Å². The molecule has 0 saturated heterocycles. The van der Waals surface area contributed by atoms with Crippen molar-refractivity contribution in [3.8, 4) is 17.2 Å². The van der Waals surface area contributed by atoms with E-state index in [1.807, 2.05) is 44.2 Å². The second-order valence-corrected chi connectivity index (χ2v) is 13.3. The molecule has 1 aliphatic heterocycles. The van der Waals surface area contributed by atoms with E-state index in [1.54, 1.807) is 51.3 Å². The minimum Gasteiger partial charge on any atom is -0.493 e. The molecule has 1 aliphatic rings. The largest absolute Gasteiger partial charge is 0.493 e. The normalized spacial score (nSPS) is 14.6. The van der Waals surface area contributed by atoms with E-state index in [1.165, 1.54) is 15.9 Å². The van der Waals surface area contributed by atoms with Crippen molar-refractivity contribution < 1.29 is 23.7 Å². The Labute approximate surface area is 288 Å². The molecule has 0 saturated carbocycles. The minimum absolute atomic E-state index is 0.0714. The number of hydrogen-bond donors (Lipinski definition) is 0. The van der Waals surface area contributed by atoms with E-state index in [-0.39, 0.29) is 23.8 Å². The molecule has 0 radical (unpaired) electrons. The molecule has 240 valence electrons. The standard InChI is InChI=1S/C34H31BrCl2N2O6S/c1-6-43-33(41)30-19(4)38-34-39(31(30)22-9-12-27(45-18(2)3)28(16-22)42-5)32(40)29(46-34)15-20-8-11-26(23(35)13-20)44-17-21-7-10-24(36)25(37)14-21/h7-16,18,31H,6,17H2,1-5H3/b29-15-/t31-/m0/s1. The molecule has 0 N–H and O–H groups in total. The first-order valence-corrected chi connectivity index (χ1v) is 16.8. The molecule has 46 heavy (non-hydrogen) atoms. The van der Waals surface area contributed by atoms with E-state index >= 15 is 0 Å². The van der Waals surface area contributed by atoms with Crippen molar-refractivity contribution in [3.63, 3.8) is 0 Å². The smallest absolute Gasteiger partial charge is 0.338 e. The van der Waals surface area contributed by atoms with Crippen LogP contribution in [0.3, 0.4) is 0 Å². The van der Waals surface area contributed by atoms with Gasteiger partial charge in [-0.25, -0.2) is 9.79 Å². The van der Waals surface area contributed by atoms with Gasteiger partial charge in [-0.15, -0.1) is 0 Å². The molecule has 0 fully saturated rings. The zero-order valence-corrected chi connectivity index (χ0v) is 29.6. The van der Waals surface area contributed by atoms with Crippen molar-refractivity contribution in [2.75, 3.05) is 13.7 Å². The first kappa shape index (κ1) is 33.8. The Bertz CT molecular complexity index is 2020. The lowest BCUT2D eigenvalue weighted by atomic mass is 9.95. The number of halogens is 3. The second kappa shape index (κ2) is 14.5. The number of allylic oxidation sites excluding steroid dienone is 1. The Hall–Kier alpha value is -3.57. The zero-order chi connectivity index (χ0) is 33.1. The van der Waals surface area contributed by atoms with E-state index in [0.717, 1.165) is 11.1 Å². The van der Waals surface area contributed by atoms with E-state index in [4.69, 9.17) is 42.1 Å². The first-order chi connectivity index (χ1) is 22.0. The number of thiazole rings is 1. The topological polar surface area (TPSA) is 88.4 Å². The Kier molecular flexibility index (Phi) is 10.6. The van der Waals surface area contributed by atoms with Crippen molar-refractivity contribution in [2.45, 2.75) is 46.4 Å². The van der Waals surface area contributed by atoms with Gasteiger partial charge in [0.2, 0.25) is 0 Å². The first-order valence-electron chi connectivity index (χ1n) is 14.4. The number of esters is 1. The molecule has 1 atom stereocenters. The van der Waals surface area contributed by atoms with Crippen LogP contribution in [-0.2, 0) is 16.1 Å². The lowest BCUT2D eigenvalue weighted by Gasteiger charge is -2.25. The number of fused-ring (bicyclic) bond motifs is 1. The number of methoxy groups -OCH3 is 1. The average molecular weight is 747 g/mol.